The van der Waals surface area contributed by atoms with Crippen LogP contribution in [0.3, 0.4) is 0 Å². The van der Waals surface area contributed by atoms with Crippen molar-refractivity contribution in [2.75, 3.05) is 20.3 Å². The summed E-state index contributed by atoms with van der Waals surface area (Å²) >= 11 is 0. The topological polar surface area (TPSA) is 113 Å². The highest BCUT2D eigenvalue weighted by molar-refractivity contribution is 5.93. The van der Waals surface area contributed by atoms with Crippen LogP contribution in [0.4, 0.5) is 0 Å². The Labute approximate surface area is 254 Å². The Kier molecular flexibility index (Phi) is 23.5. The minimum Gasteiger partial charge on any atom is -0.504 e. The van der Waals surface area contributed by atoms with E-state index in [1.54, 1.807) is 30.4 Å². The van der Waals surface area contributed by atoms with Gasteiger partial charge in [-0.05, 0) is 36.6 Å². The molecule has 1 aromatic carbocycles. The van der Waals surface area contributed by atoms with Gasteiger partial charge in [0.25, 0.3) is 0 Å². The molecule has 0 amide bonds. The number of hydrogen-bond donors (Lipinski definition) is 3. The molecule has 0 saturated carbocycles. The van der Waals surface area contributed by atoms with E-state index in [4.69, 9.17) is 19.7 Å². The van der Waals surface area contributed by atoms with Gasteiger partial charge in [-0.25, -0.2) is 0 Å². The maximum atomic E-state index is 12.1. The normalized spacial score (nSPS) is 12.1. The first-order valence-electron chi connectivity index (χ1n) is 16.5. The van der Waals surface area contributed by atoms with Gasteiger partial charge in [0.05, 0.1) is 13.7 Å². The Morgan fingerprint density at radius 1 is 0.738 bits per heavy atom. The van der Waals surface area contributed by atoms with E-state index in [0.717, 1.165) is 37.7 Å². The van der Waals surface area contributed by atoms with E-state index in [-0.39, 0.29) is 30.7 Å². The first-order valence-corrected chi connectivity index (χ1v) is 16.5. The smallest absolute Gasteiger partial charge is 0.305 e. The van der Waals surface area contributed by atoms with Gasteiger partial charge in [-0.2, -0.15) is 0 Å². The third-order valence-electron chi connectivity index (χ3n) is 7.62. The first kappa shape index (κ1) is 37.6. The van der Waals surface area contributed by atoms with Crippen molar-refractivity contribution in [3.05, 3.63) is 29.8 Å². The molecule has 3 N–H and O–H groups in total. The molecule has 42 heavy (non-hydrogen) atoms. The van der Waals surface area contributed by atoms with Crippen molar-refractivity contribution in [1.29, 1.82) is 0 Å². The summed E-state index contributed by atoms with van der Waals surface area (Å²) in [6.45, 7) is -0.505. The first-order chi connectivity index (χ1) is 20.5. The van der Waals surface area contributed by atoms with Gasteiger partial charge in [0.2, 0.25) is 0 Å². The largest absolute Gasteiger partial charge is 0.504 e. The molecule has 1 rings (SSSR count). The highest BCUT2D eigenvalue weighted by atomic mass is 16.5. The minimum atomic E-state index is -0.974. The van der Waals surface area contributed by atoms with Crippen molar-refractivity contribution in [3.8, 4) is 11.5 Å². The second-order valence-electron chi connectivity index (χ2n) is 11.5. The highest BCUT2D eigenvalue weighted by Gasteiger charge is 2.07. The number of phenolic OH excluding ortho intramolecular Hbond substituents is 1. The number of aromatic hydroxyl groups is 1. The molecule has 240 valence electrons. The van der Waals surface area contributed by atoms with Crippen molar-refractivity contribution >= 4 is 17.8 Å². The fourth-order valence-electron chi connectivity index (χ4n) is 4.96. The number of allylic oxidation sites excluding steroid dienone is 1. The van der Waals surface area contributed by atoms with Gasteiger partial charge in [-0.1, -0.05) is 121 Å². The quantitative estimate of drug-likeness (QED) is 0.0514. The molecule has 0 spiro atoms. The zero-order chi connectivity index (χ0) is 30.7. The molecular weight excluding hydrogens is 532 g/mol. The van der Waals surface area contributed by atoms with Gasteiger partial charge in [-0.3, -0.25) is 9.59 Å². The van der Waals surface area contributed by atoms with Gasteiger partial charge >= 0.3 is 5.97 Å². The van der Waals surface area contributed by atoms with Crippen LogP contribution in [0.2, 0.25) is 0 Å². The lowest BCUT2D eigenvalue weighted by molar-refractivity contribution is -0.147. The molecule has 0 saturated heterocycles. The van der Waals surface area contributed by atoms with Gasteiger partial charge in [-0.15, -0.1) is 0 Å². The SMILES string of the molecule is COc1cc(C=CC(=O)CCCCCCCCCCCCCCCCCCCCCC(=O)OCC(O)CO)ccc1O. The number of hydrogen-bond acceptors (Lipinski definition) is 7. The molecule has 1 unspecified atom stereocenters. The van der Waals surface area contributed by atoms with Gasteiger partial charge in [0.1, 0.15) is 12.7 Å². The summed E-state index contributed by atoms with van der Waals surface area (Å²) in [5, 5.41) is 27.5. The summed E-state index contributed by atoms with van der Waals surface area (Å²) < 4.78 is 9.99. The summed E-state index contributed by atoms with van der Waals surface area (Å²) in [5.74, 6) is 0.358. The molecule has 0 aliphatic heterocycles. The number of rotatable bonds is 28. The molecule has 0 fully saturated rings. The van der Waals surface area contributed by atoms with Crippen LogP contribution in [0.1, 0.15) is 140 Å². The summed E-state index contributed by atoms with van der Waals surface area (Å²) in [5.41, 5.74) is 0.840. The molecule has 7 nitrogen and oxygen atoms in total. The number of aliphatic hydroxyl groups excluding tert-OH is 2. The monoisotopic (exact) mass is 590 g/mol. The highest BCUT2D eigenvalue weighted by Crippen LogP contribution is 2.26. The van der Waals surface area contributed by atoms with Crippen molar-refractivity contribution in [1.82, 2.24) is 0 Å². The second-order valence-corrected chi connectivity index (χ2v) is 11.5. The Morgan fingerprint density at radius 3 is 1.64 bits per heavy atom. The lowest BCUT2D eigenvalue weighted by atomic mass is 10.0. The van der Waals surface area contributed by atoms with Crippen LogP contribution in [0, 0.1) is 0 Å². The minimum absolute atomic E-state index is 0.0968. The molecule has 7 heteroatoms. The molecule has 0 aliphatic rings. The molecule has 0 aliphatic carbocycles. The van der Waals surface area contributed by atoms with Crippen LogP contribution in [0.5, 0.6) is 11.5 Å². The molecule has 0 aromatic heterocycles. The Balaban J connectivity index is 1.79. The third kappa shape index (κ3) is 21.3. The Hall–Kier alpha value is -2.38. The number of methoxy groups -OCH3 is 1. The third-order valence-corrected chi connectivity index (χ3v) is 7.62. The fourth-order valence-corrected chi connectivity index (χ4v) is 4.96. The summed E-state index contributed by atoms with van der Waals surface area (Å²) in [7, 11) is 1.51. The van der Waals surface area contributed by atoms with Gasteiger partial charge in [0, 0.05) is 12.8 Å². The van der Waals surface area contributed by atoms with Crippen molar-refractivity contribution in [3.63, 3.8) is 0 Å². The van der Waals surface area contributed by atoms with Crippen LogP contribution in [-0.2, 0) is 14.3 Å². The van der Waals surface area contributed by atoms with Crippen LogP contribution >= 0.6 is 0 Å². The number of phenols is 1. The number of ketones is 1. The summed E-state index contributed by atoms with van der Waals surface area (Å²) in [4.78, 5) is 23.6. The number of carbonyl (C=O) groups excluding carboxylic acids is 2. The maximum absolute atomic E-state index is 12.1. The van der Waals surface area contributed by atoms with E-state index in [0.29, 0.717) is 18.6 Å². The molecule has 0 heterocycles. The predicted molar refractivity (Wildman–Crippen MR) is 170 cm³/mol. The predicted octanol–water partition coefficient (Wildman–Crippen LogP) is 8.07. The van der Waals surface area contributed by atoms with Crippen LogP contribution in [0.15, 0.2) is 24.3 Å². The average molecular weight is 591 g/mol. The molecule has 0 radical (unpaired) electrons. The number of unbranched alkanes of at least 4 members (excludes halogenated alkanes) is 18. The van der Waals surface area contributed by atoms with E-state index in [1.807, 2.05) is 0 Å². The average Bonchev–Trinajstić information content (AvgIpc) is 3.00. The van der Waals surface area contributed by atoms with Crippen molar-refractivity contribution in [2.45, 2.75) is 141 Å². The maximum Gasteiger partial charge on any atom is 0.305 e. The Bertz CT molecular complexity index is 852. The standard InChI is InChI=1S/C35H58O7/c1-41-34-27-30(24-26-33(34)39)23-25-31(37)21-19-17-15-13-11-9-7-5-3-2-4-6-8-10-12-14-16-18-20-22-35(40)42-29-32(38)28-36/h23-27,32,36,38-39H,2-22,28-29H2,1H3. The Morgan fingerprint density at radius 2 is 1.19 bits per heavy atom. The lowest BCUT2D eigenvalue weighted by Gasteiger charge is -2.08. The van der Waals surface area contributed by atoms with Gasteiger partial charge in [0.15, 0.2) is 17.3 Å². The molecular formula is C35H58O7. The number of aliphatic hydroxyl groups is 2. The van der Waals surface area contributed by atoms with Crippen LogP contribution in [0.25, 0.3) is 6.08 Å². The molecule has 1 aromatic rings. The van der Waals surface area contributed by atoms with Crippen molar-refractivity contribution < 1.29 is 34.4 Å². The second kappa shape index (κ2) is 26.3. The fraction of sp³-hybridized carbons (Fsp3) is 0.714. The molecule has 0 bridgehead atoms. The van der Waals surface area contributed by atoms with E-state index in [2.05, 4.69) is 0 Å². The van der Waals surface area contributed by atoms with Gasteiger partial charge < -0.3 is 24.8 Å². The number of esters is 1. The zero-order valence-electron chi connectivity index (χ0n) is 26.2. The van der Waals surface area contributed by atoms with E-state index in [1.165, 1.54) is 97.0 Å². The zero-order valence-corrected chi connectivity index (χ0v) is 26.2. The number of carbonyl (C=O) groups is 2. The molecule has 1 atom stereocenters. The summed E-state index contributed by atoms with van der Waals surface area (Å²) in [6.07, 6.45) is 26.8. The van der Waals surface area contributed by atoms with Crippen LogP contribution < -0.4 is 4.74 Å². The van der Waals surface area contributed by atoms with E-state index >= 15 is 0 Å². The van der Waals surface area contributed by atoms with E-state index < -0.39 is 6.10 Å². The van der Waals surface area contributed by atoms with E-state index in [9.17, 15) is 14.7 Å². The van der Waals surface area contributed by atoms with Crippen molar-refractivity contribution in [2.24, 2.45) is 0 Å². The number of benzene rings is 1. The summed E-state index contributed by atoms with van der Waals surface area (Å²) in [6, 6.07) is 5.05. The lowest BCUT2D eigenvalue weighted by Crippen LogP contribution is -2.21. The number of ether oxygens (including phenoxy) is 2. The van der Waals surface area contributed by atoms with Crippen LogP contribution in [-0.4, -0.2) is 53.5 Å².